The average Bonchev–Trinajstić information content (AvgIpc) is 3.06. The largest absolute Gasteiger partial charge is 0.494 e. The van der Waals surface area contributed by atoms with Gasteiger partial charge in [0, 0.05) is 23.8 Å². The number of nitrogens with zero attached hydrogens (tertiary/aromatic N) is 4. The van der Waals surface area contributed by atoms with E-state index in [0.29, 0.717) is 17.9 Å². The molecular formula is C16H14N4O3. The van der Waals surface area contributed by atoms with Crippen LogP contribution >= 0.6 is 0 Å². The van der Waals surface area contributed by atoms with Crippen molar-refractivity contribution in [2.75, 3.05) is 6.61 Å². The molecule has 2 aromatic carbocycles. The molecule has 0 bridgehead atoms. The van der Waals surface area contributed by atoms with Crippen molar-refractivity contribution in [2.24, 2.45) is 0 Å². The highest BCUT2D eigenvalue weighted by Gasteiger charge is 2.10. The molecule has 3 aromatic rings. The summed E-state index contributed by atoms with van der Waals surface area (Å²) < 4.78 is 7.07. The van der Waals surface area contributed by atoms with E-state index >= 15 is 0 Å². The summed E-state index contributed by atoms with van der Waals surface area (Å²) in [5, 5.41) is 19.0. The van der Waals surface area contributed by atoms with E-state index < -0.39 is 4.92 Å². The summed E-state index contributed by atoms with van der Waals surface area (Å²) in [6, 6.07) is 13.8. The van der Waals surface area contributed by atoms with Gasteiger partial charge in [0.15, 0.2) is 0 Å². The number of non-ortho nitro benzene ring substituents is 1. The Morgan fingerprint density at radius 1 is 1.22 bits per heavy atom. The van der Waals surface area contributed by atoms with Gasteiger partial charge >= 0.3 is 0 Å². The summed E-state index contributed by atoms with van der Waals surface area (Å²) in [7, 11) is 0. The monoisotopic (exact) mass is 310 g/mol. The van der Waals surface area contributed by atoms with Gasteiger partial charge in [0.2, 0.25) is 0 Å². The van der Waals surface area contributed by atoms with Crippen molar-refractivity contribution in [3.63, 3.8) is 0 Å². The van der Waals surface area contributed by atoms with Crippen LogP contribution in [-0.2, 0) is 0 Å². The van der Waals surface area contributed by atoms with Crippen LogP contribution in [-0.4, -0.2) is 26.5 Å². The zero-order chi connectivity index (χ0) is 16.2. The Kier molecular flexibility index (Phi) is 4.01. The minimum Gasteiger partial charge on any atom is -0.494 e. The molecule has 0 aliphatic carbocycles. The predicted molar refractivity (Wildman–Crippen MR) is 84.6 cm³/mol. The van der Waals surface area contributed by atoms with Crippen LogP contribution in [0.15, 0.2) is 54.7 Å². The maximum atomic E-state index is 10.9. The number of aromatic nitrogens is 3. The molecule has 7 heteroatoms. The van der Waals surface area contributed by atoms with Gasteiger partial charge in [0.05, 0.1) is 23.4 Å². The highest BCUT2D eigenvalue weighted by atomic mass is 16.6. The van der Waals surface area contributed by atoms with Gasteiger partial charge < -0.3 is 4.74 Å². The minimum absolute atomic E-state index is 0.0235. The molecule has 0 atom stereocenters. The van der Waals surface area contributed by atoms with Crippen molar-refractivity contribution >= 4 is 5.69 Å². The van der Waals surface area contributed by atoms with E-state index in [4.69, 9.17) is 4.74 Å². The van der Waals surface area contributed by atoms with Crippen LogP contribution < -0.4 is 4.74 Å². The first kappa shape index (κ1) is 14.7. The molecule has 1 aromatic heterocycles. The Hall–Kier alpha value is -3.22. The molecule has 0 radical (unpaired) electrons. The van der Waals surface area contributed by atoms with Crippen LogP contribution in [0.1, 0.15) is 6.92 Å². The Morgan fingerprint density at radius 2 is 2.04 bits per heavy atom. The summed E-state index contributed by atoms with van der Waals surface area (Å²) in [6.07, 6.45) is 1.73. The zero-order valence-electron chi connectivity index (χ0n) is 12.4. The Bertz CT molecular complexity index is 845. The van der Waals surface area contributed by atoms with Crippen LogP contribution in [0.4, 0.5) is 5.69 Å². The molecule has 1 heterocycles. The van der Waals surface area contributed by atoms with E-state index in [9.17, 15) is 10.1 Å². The first-order chi connectivity index (χ1) is 11.2. The maximum Gasteiger partial charge on any atom is 0.270 e. The molecule has 0 spiro atoms. The van der Waals surface area contributed by atoms with E-state index in [1.54, 1.807) is 23.0 Å². The fourth-order valence-corrected chi connectivity index (χ4v) is 2.18. The van der Waals surface area contributed by atoms with Crippen molar-refractivity contribution in [1.29, 1.82) is 0 Å². The molecule has 116 valence electrons. The molecule has 0 amide bonds. The van der Waals surface area contributed by atoms with Crippen molar-refractivity contribution in [2.45, 2.75) is 6.92 Å². The van der Waals surface area contributed by atoms with Gasteiger partial charge in [-0.1, -0.05) is 23.4 Å². The highest BCUT2D eigenvalue weighted by molar-refractivity contribution is 5.61. The summed E-state index contributed by atoms with van der Waals surface area (Å²) in [4.78, 5) is 10.4. The maximum absolute atomic E-state index is 10.9. The summed E-state index contributed by atoms with van der Waals surface area (Å²) in [6.45, 7) is 2.50. The van der Waals surface area contributed by atoms with Gasteiger partial charge in [-0.25, -0.2) is 4.68 Å². The molecule has 0 saturated heterocycles. The second-order valence-electron chi connectivity index (χ2n) is 4.79. The smallest absolute Gasteiger partial charge is 0.270 e. The minimum atomic E-state index is -0.431. The van der Waals surface area contributed by atoms with Crippen molar-refractivity contribution < 1.29 is 9.66 Å². The first-order valence-corrected chi connectivity index (χ1v) is 7.08. The second-order valence-corrected chi connectivity index (χ2v) is 4.79. The summed E-state index contributed by atoms with van der Waals surface area (Å²) >= 11 is 0. The van der Waals surface area contributed by atoms with Crippen LogP contribution in [0.2, 0.25) is 0 Å². The lowest BCUT2D eigenvalue weighted by Gasteiger charge is -2.05. The molecule has 0 aliphatic heterocycles. The quantitative estimate of drug-likeness (QED) is 0.533. The number of hydrogen-bond donors (Lipinski definition) is 0. The first-order valence-electron chi connectivity index (χ1n) is 7.08. The predicted octanol–water partition coefficient (Wildman–Crippen LogP) is 3.24. The molecule has 0 N–H and O–H groups in total. The normalized spacial score (nSPS) is 10.5. The molecule has 0 aliphatic rings. The van der Waals surface area contributed by atoms with Gasteiger partial charge in [-0.05, 0) is 19.1 Å². The number of benzene rings is 2. The lowest BCUT2D eigenvalue weighted by Crippen LogP contribution is -1.97. The average molecular weight is 310 g/mol. The van der Waals surface area contributed by atoms with Crippen LogP contribution in [0.5, 0.6) is 5.75 Å². The fraction of sp³-hybridized carbons (Fsp3) is 0.125. The van der Waals surface area contributed by atoms with Crippen molar-refractivity contribution in [3.8, 4) is 22.7 Å². The zero-order valence-corrected chi connectivity index (χ0v) is 12.4. The second kappa shape index (κ2) is 6.27. The topological polar surface area (TPSA) is 83.1 Å². The Morgan fingerprint density at radius 3 is 2.83 bits per heavy atom. The van der Waals surface area contributed by atoms with E-state index in [1.807, 2.05) is 31.2 Å². The lowest BCUT2D eigenvalue weighted by molar-refractivity contribution is -0.384. The standard InChI is InChI=1S/C16H14N4O3/c1-2-23-15-8-4-6-13(10-15)19-11-16(17-18-19)12-5-3-7-14(9-12)20(21)22/h3-11H,2H2,1H3. The van der Waals surface area contributed by atoms with Gasteiger partial charge in [-0.15, -0.1) is 5.10 Å². The number of ether oxygens (including phenoxy) is 1. The van der Waals surface area contributed by atoms with Crippen molar-refractivity contribution in [1.82, 2.24) is 15.0 Å². The number of hydrogen-bond acceptors (Lipinski definition) is 5. The Labute approximate surface area is 132 Å². The fourth-order valence-electron chi connectivity index (χ4n) is 2.18. The third-order valence-electron chi connectivity index (χ3n) is 3.24. The molecule has 7 nitrogen and oxygen atoms in total. The third-order valence-corrected chi connectivity index (χ3v) is 3.24. The SMILES string of the molecule is CCOc1cccc(-n2cc(-c3cccc([N+](=O)[O-])c3)nn2)c1. The number of nitro benzene ring substituents is 1. The van der Waals surface area contributed by atoms with Gasteiger partial charge in [-0.3, -0.25) is 10.1 Å². The molecular weight excluding hydrogens is 296 g/mol. The van der Waals surface area contributed by atoms with Gasteiger partial charge in [0.25, 0.3) is 5.69 Å². The molecule has 3 rings (SSSR count). The van der Waals surface area contributed by atoms with E-state index in [0.717, 1.165) is 11.4 Å². The molecule has 0 fully saturated rings. The van der Waals surface area contributed by atoms with Crippen molar-refractivity contribution in [3.05, 3.63) is 64.8 Å². The van der Waals surface area contributed by atoms with Gasteiger partial charge in [0.1, 0.15) is 11.4 Å². The summed E-state index contributed by atoms with van der Waals surface area (Å²) in [5.74, 6) is 0.748. The van der Waals surface area contributed by atoms with Crippen LogP contribution in [0.3, 0.4) is 0 Å². The third kappa shape index (κ3) is 3.18. The van der Waals surface area contributed by atoms with Crippen LogP contribution in [0.25, 0.3) is 16.9 Å². The highest BCUT2D eigenvalue weighted by Crippen LogP contribution is 2.23. The Balaban J connectivity index is 1.93. The number of nitro groups is 1. The van der Waals surface area contributed by atoms with Crippen LogP contribution in [0, 0.1) is 10.1 Å². The lowest BCUT2D eigenvalue weighted by atomic mass is 10.1. The van der Waals surface area contributed by atoms with E-state index in [1.165, 1.54) is 12.1 Å². The molecule has 0 unspecified atom stereocenters. The van der Waals surface area contributed by atoms with E-state index in [2.05, 4.69) is 10.3 Å². The van der Waals surface area contributed by atoms with Gasteiger partial charge in [-0.2, -0.15) is 0 Å². The number of rotatable bonds is 5. The van der Waals surface area contributed by atoms with E-state index in [-0.39, 0.29) is 5.69 Å². The molecule has 0 saturated carbocycles. The summed E-state index contributed by atoms with van der Waals surface area (Å²) in [5.41, 5.74) is 2.04. The molecule has 23 heavy (non-hydrogen) atoms.